The second kappa shape index (κ2) is 5.38. The number of hydrogen-bond donors (Lipinski definition) is 1. The lowest BCUT2D eigenvalue weighted by atomic mass is 10.00. The number of carbonyl (C=O) groups is 1. The molecule has 1 aromatic carbocycles. The average molecular weight is 316 g/mol. The second-order valence-electron chi connectivity index (χ2n) is 5.18. The van der Waals surface area contributed by atoms with E-state index in [1.165, 1.54) is 32.2 Å². The average Bonchev–Trinajstić information content (AvgIpc) is 3.10. The maximum Gasteiger partial charge on any atom is 0.314 e. The van der Waals surface area contributed by atoms with Crippen LogP contribution in [-0.4, -0.2) is 44.2 Å². The van der Waals surface area contributed by atoms with Gasteiger partial charge in [-0.2, -0.15) is 0 Å². The minimum atomic E-state index is -3.59. The van der Waals surface area contributed by atoms with E-state index in [9.17, 15) is 22.7 Å². The topological polar surface area (TPSA) is 80.7 Å². The van der Waals surface area contributed by atoms with Crippen molar-refractivity contribution in [3.8, 4) is 0 Å². The summed E-state index contributed by atoms with van der Waals surface area (Å²) in [6, 6.07) is 5.40. The first-order chi connectivity index (χ1) is 9.81. The third-order valence-electron chi connectivity index (χ3n) is 4.03. The van der Waals surface area contributed by atoms with Crippen molar-refractivity contribution < 1.29 is 27.4 Å². The Bertz CT molecular complexity index is 657. The van der Waals surface area contributed by atoms with E-state index in [0.717, 1.165) is 0 Å². The number of methoxy groups -OCH3 is 1. The highest BCUT2D eigenvalue weighted by molar-refractivity contribution is 7.92. The first kappa shape index (κ1) is 15.9. The summed E-state index contributed by atoms with van der Waals surface area (Å²) < 4.78 is 42.7. The molecule has 0 radical (unpaired) electrons. The van der Waals surface area contributed by atoms with Crippen LogP contribution in [0.4, 0.5) is 4.39 Å². The first-order valence-electron chi connectivity index (χ1n) is 6.50. The molecule has 1 aliphatic carbocycles. The van der Waals surface area contributed by atoms with Crippen LogP contribution < -0.4 is 0 Å². The quantitative estimate of drug-likeness (QED) is 0.859. The van der Waals surface area contributed by atoms with Gasteiger partial charge in [0.25, 0.3) is 0 Å². The van der Waals surface area contributed by atoms with Crippen LogP contribution in [0.15, 0.2) is 24.3 Å². The van der Waals surface area contributed by atoms with Crippen molar-refractivity contribution in [2.24, 2.45) is 5.41 Å². The lowest BCUT2D eigenvalue weighted by Crippen LogP contribution is -2.29. The van der Waals surface area contributed by atoms with E-state index in [2.05, 4.69) is 0 Å². The number of rotatable bonds is 6. The van der Waals surface area contributed by atoms with Crippen LogP contribution in [0, 0.1) is 11.2 Å². The zero-order chi connectivity index (χ0) is 15.8. The zero-order valence-electron chi connectivity index (χ0n) is 11.7. The van der Waals surface area contributed by atoms with Crippen molar-refractivity contribution in [1.82, 2.24) is 0 Å². The molecule has 7 heteroatoms. The number of aliphatic carboxylic acids is 1. The zero-order valence-corrected chi connectivity index (χ0v) is 12.6. The van der Waals surface area contributed by atoms with E-state index in [4.69, 9.17) is 4.74 Å². The number of sulfone groups is 1. The van der Waals surface area contributed by atoms with E-state index in [1.807, 2.05) is 0 Å². The molecular formula is C14H17FO5S. The number of benzene rings is 1. The highest BCUT2D eigenvalue weighted by Gasteiger charge is 2.75. The molecule has 1 aliphatic rings. The molecule has 21 heavy (non-hydrogen) atoms. The largest absolute Gasteiger partial charge is 0.481 e. The molecule has 0 spiro atoms. The fourth-order valence-electron chi connectivity index (χ4n) is 3.01. The summed E-state index contributed by atoms with van der Waals surface area (Å²) in [6.45, 7) is 1.24. The molecule has 1 fully saturated rings. The minimum Gasteiger partial charge on any atom is -0.481 e. The molecular weight excluding hydrogens is 299 g/mol. The maximum absolute atomic E-state index is 13.4. The van der Waals surface area contributed by atoms with Crippen molar-refractivity contribution >= 4 is 15.8 Å². The highest BCUT2D eigenvalue weighted by atomic mass is 32.2. The van der Waals surface area contributed by atoms with Gasteiger partial charge in [0.2, 0.25) is 0 Å². The number of carboxylic acids is 1. The molecule has 3 atom stereocenters. The van der Waals surface area contributed by atoms with Gasteiger partial charge in [0.1, 0.15) is 11.2 Å². The van der Waals surface area contributed by atoms with Gasteiger partial charge in [-0.1, -0.05) is 19.1 Å². The van der Waals surface area contributed by atoms with Crippen molar-refractivity contribution in [3.05, 3.63) is 35.6 Å². The number of ether oxygens (including phenoxy) is 1. The Morgan fingerprint density at radius 3 is 2.62 bits per heavy atom. The van der Waals surface area contributed by atoms with Crippen LogP contribution in [-0.2, 0) is 19.4 Å². The van der Waals surface area contributed by atoms with Gasteiger partial charge in [-0.15, -0.1) is 0 Å². The Morgan fingerprint density at radius 2 is 2.14 bits per heavy atom. The van der Waals surface area contributed by atoms with E-state index in [1.54, 1.807) is 6.07 Å². The predicted octanol–water partition coefficient (Wildman–Crippen LogP) is 1.44. The van der Waals surface area contributed by atoms with Gasteiger partial charge < -0.3 is 9.84 Å². The Kier molecular flexibility index (Phi) is 4.08. The summed E-state index contributed by atoms with van der Waals surface area (Å²) >= 11 is 0. The Balaban J connectivity index is 2.54. The van der Waals surface area contributed by atoms with Crippen molar-refractivity contribution in [3.63, 3.8) is 0 Å². The van der Waals surface area contributed by atoms with Gasteiger partial charge in [-0.25, -0.2) is 12.8 Å². The monoisotopic (exact) mass is 316 g/mol. The molecule has 1 aromatic rings. The maximum atomic E-state index is 13.4. The Morgan fingerprint density at radius 1 is 1.48 bits per heavy atom. The van der Waals surface area contributed by atoms with E-state index in [-0.39, 0.29) is 12.4 Å². The third-order valence-corrected chi connectivity index (χ3v) is 6.31. The van der Waals surface area contributed by atoms with Crippen LogP contribution in [0.5, 0.6) is 0 Å². The fraction of sp³-hybridized carbons (Fsp3) is 0.500. The molecule has 2 rings (SSSR count). The molecule has 116 valence electrons. The smallest absolute Gasteiger partial charge is 0.314 e. The van der Waals surface area contributed by atoms with Crippen LogP contribution in [0.1, 0.15) is 18.4 Å². The molecule has 0 saturated heterocycles. The van der Waals surface area contributed by atoms with Crippen LogP contribution in [0.25, 0.3) is 0 Å². The van der Waals surface area contributed by atoms with Crippen LogP contribution >= 0.6 is 0 Å². The van der Waals surface area contributed by atoms with E-state index in [0.29, 0.717) is 5.56 Å². The lowest BCUT2D eigenvalue weighted by molar-refractivity contribution is -0.145. The van der Waals surface area contributed by atoms with E-state index >= 15 is 0 Å². The van der Waals surface area contributed by atoms with Gasteiger partial charge in [-0.05, 0) is 17.7 Å². The SMILES string of the molecule is CCS(=O)(=O)[C@H]1[C@@H](c2cccc(F)c2)[C@@]1(COC)C(=O)O. The Labute approximate surface area is 122 Å². The van der Waals surface area contributed by atoms with E-state index < -0.39 is 38.2 Å². The molecule has 0 aliphatic heterocycles. The molecule has 1 saturated carbocycles. The highest BCUT2D eigenvalue weighted by Crippen LogP contribution is 2.63. The summed E-state index contributed by atoms with van der Waals surface area (Å²) in [7, 11) is -2.27. The minimum absolute atomic E-state index is 0.164. The fourth-order valence-corrected chi connectivity index (χ4v) is 5.06. The summed E-state index contributed by atoms with van der Waals surface area (Å²) in [5, 5.41) is 8.44. The second-order valence-corrected chi connectivity index (χ2v) is 7.59. The molecule has 0 bridgehead atoms. The summed E-state index contributed by atoms with van der Waals surface area (Å²) in [4.78, 5) is 11.7. The van der Waals surface area contributed by atoms with Crippen LogP contribution in [0.2, 0.25) is 0 Å². The van der Waals surface area contributed by atoms with Gasteiger partial charge in [0, 0.05) is 18.8 Å². The lowest BCUT2D eigenvalue weighted by Gasteiger charge is -2.11. The summed E-state index contributed by atoms with van der Waals surface area (Å²) in [5.74, 6) is -2.72. The molecule has 0 amide bonds. The molecule has 0 aromatic heterocycles. The van der Waals surface area contributed by atoms with Gasteiger partial charge in [-0.3, -0.25) is 4.79 Å². The standard InChI is InChI=1S/C14H17FO5S/c1-3-21(18,19)12-11(9-5-4-6-10(15)7-9)14(12,8-20-2)13(16)17/h4-7,11-12H,3,8H2,1-2H3,(H,16,17)/t11-,12+,14-/m1/s1. The number of hydrogen-bond acceptors (Lipinski definition) is 4. The Hall–Kier alpha value is -1.47. The van der Waals surface area contributed by atoms with Crippen LogP contribution in [0.3, 0.4) is 0 Å². The number of carboxylic acid groups (broad SMARTS) is 1. The predicted molar refractivity (Wildman–Crippen MR) is 74.3 cm³/mol. The van der Waals surface area contributed by atoms with Gasteiger partial charge >= 0.3 is 5.97 Å². The van der Waals surface area contributed by atoms with Crippen molar-refractivity contribution in [2.75, 3.05) is 19.5 Å². The number of halogens is 1. The molecule has 0 unspecified atom stereocenters. The summed E-state index contributed by atoms with van der Waals surface area (Å²) in [6.07, 6.45) is 0. The van der Waals surface area contributed by atoms with Gasteiger partial charge in [0.15, 0.2) is 9.84 Å². The van der Waals surface area contributed by atoms with Gasteiger partial charge in [0.05, 0.1) is 11.9 Å². The molecule has 0 heterocycles. The molecule has 1 N–H and O–H groups in total. The van der Waals surface area contributed by atoms with Crippen molar-refractivity contribution in [1.29, 1.82) is 0 Å². The normalized spacial score (nSPS) is 28.3. The third kappa shape index (κ3) is 2.44. The molecule has 5 nitrogen and oxygen atoms in total. The summed E-state index contributed by atoms with van der Waals surface area (Å²) in [5.41, 5.74) is -1.17. The first-order valence-corrected chi connectivity index (χ1v) is 8.22. The van der Waals surface area contributed by atoms with Crippen molar-refractivity contribution in [2.45, 2.75) is 18.1 Å².